The van der Waals surface area contributed by atoms with Gasteiger partial charge in [0.05, 0.1) is 0 Å². The minimum atomic E-state index is -1.08. The van der Waals surface area contributed by atoms with Gasteiger partial charge in [-0.25, -0.2) is 9.59 Å². The van der Waals surface area contributed by atoms with Gasteiger partial charge in [0.15, 0.2) is 0 Å². The zero-order valence-electron chi connectivity index (χ0n) is 12.3. The van der Waals surface area contributed by atoms with Crippen LogP contribution in [-0.4, -0.2) is 29.2 Å². The van der Waals surface area contributed by atoms with Gasteiger partial charge < -0.3 is 15.7 Å². The number of carboxylic acids is 1. The normalized spacial score (nSPS) is 16.4. The molecule has 1 aliphatic rings. The number of hydrogen-bond donors (Lipinski definition) is 3. The van der Waals surface area contributed by atoms with Crippen LogP contribution in [0.3, 0.4) is 0 Å². The maximum atomic E-state index is 11.9. The van der Waals surface area contributed by atoms with E-state index in [1.54, 1.807) is 0 Å². The van der Waals surface area contributed by atoms with Crippen molar-refractivity contribution in [2.75, 3.05) is 6.54 Å². The quantitative estimate of drug-likeness (QED) is 0.778. The standard InChI is InChI=1S/C16H22N2O3/c1-12-5-4-6-13(11-12)7-10-17-15(21)18-16(14(19)20)8-2-3-9-16/h4-6,11H,2-3,7-10H2,1H3,(H,19,20)(H2,17,18,21). The Morgan fingerprint density at radius 2 is 2.00 bits per heavy atom. The first-order valence-corrected chi connectivity index (χ1v) is 7.37. The van der Waals surface area contributed by atoms with Gasteiger partial charge in [-0.05, 0) is 31.7 Å². The van der Waals surface area contributed by atoms with Crippen molar-refractivity contribution in [2.24, 2.45) is 0 Å². The van der Waals surface area contributed by atoms with Crippen LogP contribution in [0.2, 0.25) is 0 Å². The summed E-state index contributed by atoms with van der Waals surface area (Å²) in [6, 6.07) is 7.72. The summed E-state index contributed by atoms with van der Waals surface area (Å²) in [5.74, 6) is -0.936. The summed E-state index contributed by atoms with van der Waals surface area (Å²) in [6.45, 7) is 2.52. The molecule has 3 N–H and O–H groups in total. The Bertz CT molecular complexity index is 522. The number of rotatable bonds is 5. The summed E-state index contributed by atoms with van der Waals surface area (Å²) in [5.41, 5.74) is 1.27. The highest BCUT2D eigenvalue weighted by Crippen LogP contribution is 2.29. The van der Waals surface area contributed by atoms with Gasteiger partial charge in [-0.1, -0.05) is 42.7 Å². The number of amides is 2. The van der Waals surface area contributed by atoms with Crippen LogP contribution < -0.4 is 10.6 Å². The maximum Gasteiger partial charge on any atom is 0.329 e. The molecule has 0 aromatic heterocycles. The number of hydrogen-bond acceptors (Lipinski definition) is 2. The Kier molecular flexibility index (Phi) is 4.83. The second-order valence-corrected chi connectivity index (χ2v) is 5.71. The summed E-state index contributed by atoms with van der Waals surface area (Å²) < 4.78 is 0. The fraction of sp³-hybridized carbons (Fsp3) is 0.500. The highest BCUT2D eigenvalue weighted by atomic mass is 16.4. The molecule has 1 aromatic rings. The number of benzene rings is 1. The lowest BCUT2D eigenvalue weighted by molar-refractivity contribution is -0.144. The topological polar surface area (TPSA) is 78.4 Å². The first-order chi connectivity index (χ1) is 10.0. The predicted octanol–water partition coefficient (Wildman–Crippen LogP) is 2.23. The van der Waals surface area contributed by atoms with Crippen LogP contribution in [0.25, 0.3) is 0 Å². The first-order valence-electron chi connectivity index (χ1n) is 7.37. The Balaban J connectivity index is 1.81. The molecule has 0 radical (unpaired) electrons. The maximum absolute atomic E-state index is 11.9. The Morgan fingerprint density at radius 1 is 1.29 bits per heavy atom. The summed E-state index contributed by atoms with van der Waals surface area (Å²) >= 11 is 0. The molecule has 1 aromatic carbocycles. The molecule has 2 amide bonds. The minimum absolute atomic E-state index is 0.396. The number of aryl methyl sites for hydroxylation is 1. The van der Waals surface area contributed by atoms with Crippen molar-refractivity contribution in [3.8, 4) is 0 Å². The molecule has 1 saturated carbocycles. The Hall–Kier alpha value is -2.04. The molecule has 0 spiro atoms. The van der Waals surface area contributed by atoms with Crippen LogP contribution in [0.1, 0.15) is 36.8 Å². The third kappa shape index (κ3) is 3.97. The van der Waals surface area contributed by atoms with Crippen LogP contribution in [0.5, 0.6) is 0 Å². The van der Waals surface area contributed by atoms with E-state index < -0.39 is 17.5 Å². The minimum Gasteiger partial charge on any atom is -0.480 e. The van der Waals surface area contributed by atoms with Crippen LogP contribution in [0.4, 0.5) is 4.79 Å². The highest BCUT2D eigenvalue weighted by Gasteiger charge is 2.42. The molecule has 5 heteroatoms. The van der Waals surface area contributed by atoms with Crippen LogP contribution in [-0.2, 0) is 11.2 Å². The Morgan fingerprint density at radius 3 is 2.62 bits per heavy atom. The van der Waals surface area contributed by atoms with Crippen LogP contribution >= 0.6 is 0 Å². The van der Waals surface area contributed by atoms with E-state index in [0.717, 1.165) is 24.8 Å². The van der Waals surface area contributed by atoms with Crippen LogP contribution in [0, 0.1) is 6.92 Å². The van der Waals surface area contributed by atoms with E-state index in [4.69, 9.17) is 0 Å². The van der Waals surface area contributed by atoms with Crippen molar-refractivity contribution in [1.29, 1.82) is 0 Å². The van der Waals surface area contributed by atoms with Gasteiger partial charge in [-0.3, -0.25) is 0 Å². The fourth-order valence-electron chi connectivity index (χ4n) is 2.82. The molecule has 114 valence electrons. The average Bonchev–Trinajstić information content (AvgIpc) is 2.88. The molecule has 0 aliphatic heterocycles. The van der Waals surface area contributed by atoms with E-state index in [0.29, 0.717) is 19.4 Å². The zero-order valence-corrected chi connectivity index (χ0v) is 12.3. The fourth-order valence-corrected chi connectivity index (χ4v) is 2.82. The molecule has 1 aliphatic carbocycles. The molecule has 0 atom stereocenters. The summed E-state index contributed by atoms with van der Waals surface area (Å²) in [7, 11) is 0. The molecule has 5 nitrogen and oxygen atoms in total. The van der Waals surface area contributed by atoms with Gasteiger partial charge in [-0.2, -0.15) is 0 Å². The third-order valence-electron chi connectivity index (χ3n) is 4.00. The molecule has 0 heterocycles. The van der Waals surface area contributed by atoms with E-state index in [-0.39, 0.29) is 0 Å². The van der Waals surface area contributed by atoms with Crippen molar-refractivity contribution in [3.63, 3.8) is 0 Å². The van der Waals surface area contributed by atoms with Gasteiger partial charge in [0.2, 0.25) is 0 Å². The van der Waals surface area contributed by atoms with Gasteiger partial charge in [0.1, 0.15) is 5.54 Å². The lowest BCUT2D eigenvalue weighted by Gasteiger charge is -2.25. The number of carbonyl (C=O) groups is 2. The van der Waals surface area contributed by atoms with E-state index in [1.807, 2.05) is 25.1 Å². The summed E-state index contributed by atoms with van der Waals surface area (Å²) in [5, 5.41) is 14.7. The zero-order chi connectivity index (χ0) is 15.3. The number of aliphatic carboxylic acids is 1. The molecule has 1 fully saturated rings. The van der Waals surface area contributed by atoms with Crippen molar-refractivity contribution in [1.82, 2.24) is 10.6 Å². The third-order valence-corrected chi connectivity index (χ3v) is 4.00. The van der Waals surface area contributed by atoms with Gasteiger partial charge in [-0.15, -0.1) is 0 Å². The smallest absolute Gasteiger partial charge is 0.329 e. The van der Waals surface area contributed by atoms with E-state index in [2.05, 4.69) is 16.7 Å². The van der Waals surface area contributed by atoms with Crippen LogP contribution in [0.15, 0.2) is 24.3 Å². The number of nitrogens with one attached hydrogen (secondary N) is 2. The molecule has 0 bridgehead atoms. The van der Waals surface area contributed by atoms with Crippen molar-refractivity contribution < 1.29 is 14.7 Å². The van der Waals surface area contributed by atoms with E-state index in [1.165, 1.54) is 5.56 Å². The SMILES string of the molecule is Cc1cccc(CCNC(=O)NC2(C(=O)O)CCCC2)c1. The second-order valence-electron chi connectivity index (χ2n) is 5.71. The number of carbonyl (C=O) groups excluding carboxylic acids is 1. The van der Waals surface area contributed by atoms with Crippen molar-refractivity contribution in [2.45, 2.75) is 44.6 Å². The molecule has 0 saturated heterocycles. The monoisotopic (exact) mass is 290 g/mol. The summed E-state index contributed by atoms with van der Waals surface area (Å²) in [4.78, 5) is 23.2. The van der Waals surface area contributed by atoms with Gasteiger partial charge in [0.25, 0.3) is 0 Å². The van der Waals surface area contributed by atoms with E-state index in [9.17, 15) is 14.7 Å². The Labute approximate surface area is 124 Å². The van der Waals surface area contributed by atoms with Crippen molar-refractivity contribution >= 4 is 12.0 Å². The number of urea groups is 1. The van der Waals surface area contributed by atoms with E-state index >= 15 is 0 Å². The first kappa shape index (κ1) is 15.4. The predicted molar refractivity (Wildman–Crippen MR) is 80.3 cm³/mol. The van der Waals surface area contributed by atoms with Crippen molar-refractivity contribution in [3.05, 3.63) is 35.4 Å². The lowest BCUT2D eigenvalue weighted by atomic mass is 9.98. The molecule has 2 rings (SSSR count). The number of carboxylic acid groups (broad SMARTS) is 1. The highest BCUT2D eigenvalue weighted by molar-refractivity contribution is 5.86. The average molecular weight is 290 g/mol. The molecule has 21 heavy (non-hydrogen) atoms. The largest absolute Gasteiger partial charge is 0.480 e. The molecular weight excluding hydrogens is 268 g/mol. The van der Waals surface area contributed by atoms with Gasteiger partial charge in [0, 0.05) is 6.54 Å². The summed E-state index contributed by atoms with van der Waals surface area (Å²) in [6.07, 6.45) is 3.43. The lowest BCUT2D eigenvalue weighted by Crippen LogP contribution is -2.55. The second kappa shape index (κ2) is 6.61. The molecule has 0 unspecified atom stereocenters. The van der Waals surface area contributed by atoms with Gasteiger partial charge >= 0.3 is 12.0 Å². The molecular formula is C16H22N2O3.